The Bertz CT molecular complexity index is 1230. The SMILES string of the molecule is CC(C)=CCC/C(C)=C/CN1C(=O)[C@@]2(O[C@@H](CCn3cc(CCO)nn3)[C@H]([Si](C)(C)F)[C@H]2C)c2ccccc21. The number of aliphatic hydroxyl groups excluding tert-OH is 1. The normalized spacial score (nSPS) is 25.0. The first kappa shape index (κ1) is 29.4. The van der Waals surface area contributed by atoms with E-state index in [4.69, 9.17) is 4.74 Å². The van der Waals surface area contributed by atoms with Gasteiger partial charge in [-0.1, -0.05) is 53.6 Å². The van der Waals surface area contributed by atoms with Gasteiger partial charge in [-0.25, -0.2) is 0 Å². The molecule has 212 valence electrons. The number of fused-ring (bicyclic) bond motifs is 2. The van der Waals surface area contributed by atoms with Crippen LogP contribution in [0.15, 0.2) is 53.8 Å². The molecule has 4 rings (SSSR count). The van der Waals surface area contributed by atoms with Crippen LogP contribution in [0.25, 0.3) is 0 Å². The summed E-state index contributed by atoms with van der Waals surface area (Å²) < 4.78 is 24.4. The molecule has 1 N–H and O–H groups in total. The predicted octanol–water partition coefficient (Wildman–Crippen LogP) is 5.72. The summed E-state index contributed by atoms with van der Waals surface area (Å²) in [6.07, 6.45) is 8.63. The van der Waals surface area contributed by atoms with E-state index in [1.807, 2.05) is 36.1 Å². The average molecular weight is 555 g/mol. The summed E-state index contributed by atoms with van der Waals surface area (Å²) in [5.74, 6) is -0.405. The topological polar surface area (TPSA) is 80.5 Å². The molecule has 4 atom stereocenters. The number of anilines is 1. The molecule has 2 aromatic rings. The van der Waals surface area contributed by atoms with Crippen LogP contribution in [0.5, 0.6) is 0 Å². The number of para-hydroxylation sites is 1. The van der Waals surface area contributed by atoms with E-state index in [0.717, 1.165) is 24.1 Å². The number of nitrogens with zero attached hydrogens (tertiary/aromatic N) is 4. The Morgan fingerprint density at radius 1 is 1.23 bits per heavy atom. The third-order valence-corrected chi connectivity index (χ3v) is 10.6. The van der Waals surface area contributed by atoms with Crippen molar-refractivity contribution in [1.82, 2.24) is 15.0 Å². The fourth-order valence-corrected chi connectivity index (χ4v) is 8.87. The van der Waals surface area contributed by atoms with Gasteiger partial charge in [0.2, 0.25) is 8.41 Å². The van der Waals surface area contributed by atoms with Crippen LogP contribution in [0.3, 0.4) is 0 Å². The fourth-order valence-electron chi connectivity index (χ4n) is 6.33. The number of hydrogen-bond donors (Lipinski definition) is 1. The van der Waals surface area contributed by atoms with Crippen molar-refractivity contribution in [3.63, 3.8) is 0 Å². The third-order valence-electron chi connectivity index (χ3n) is 8.18. The van der Waals surface area contributed by atoms with Crippen LogP contribution in [0.2, 0.25) is 18.6 Å². The highest BCUT2D eigenvalue weighted by Gasteiger charge is 2.66. The van der Waals surface area contributed by atoms with Gasteiger partial charge in [0.05, 0.1) is 17.5 Å². The fraction of sp³-hybridized carbons (Fsp3) is 0.567. The number of ether oxygens (including phenoxy) is 1. The Hall–Kier alpha value is -2.62. The first-order valence-electron chi connectivity index (χ1n) is 14.1. The van der Waals surface area contributed by atoms with Crippen molar-refractivity contribution < 1.29 is 18.7 Å². The highest BCUT2D eigenvalue weighted by molar-refractivity contribution is 6.72. The quantitative estimate of drug-likeness (QED) is 0.218. The van der Waals surface area contributed by atoms with Crippen LogP contribution in [-0.4, -0.2) is 53.7 Å². The van der Waals surface area contributed by atoms with Gasteiger partial charge in [-0.15, -0.1) is 5.10 Å². The molecule has 0 bridgehead atoms. The lowest BCUT2D eigenvalue weighted by Gasteiger charge is -2.31. The summed E-state index contributed by atoms with van der Waals surface area (Å²) in [5, 5.41) is 17.4. The first-order chi connectivity index (χ1) is 18.5. The Morgan fingerprint density at radius 2 is 1.97 bits per heavy atom. The van der Waals surface area contributed by atoms with Crippen LogP contribution in [0.1, 0.15) is 58.2 Å². The number of aliphatic hydroxyl groups is 1. The van der Waals surface area contributed by atoms with Gasteiger partial charge < -0.3 is 18.9 Å². The van der Waals surface area contributed by atoms with E-state index in [1.165, 1.54) is 11.1 Å². The molecular formula is C30H43FN4O3Si. The van der Waals surface area contributed by atoms with Crippen molar-refractivity contribution in [2.24, 2.45) is 5.92 Å². The highest BCUT2D eigenvalue weighted by Crippen LogP contribution is 2.60. The minimum absolute atomic E-state index is 0.0103. The first-order valence-corrected chi connectivity index (χ1v) is 17.0. The van der Waals surface area contributed by atoms with Gasteiger partial charge in [0.15, 0.2) is 5.60 Å². The zero-order valence-corrected chi connectivity index (χ0v) is 25.2. The molecule has 1 aromatic heterocycles. The minimum atomic E-state index is -3.21. The maximum atomic E-state index is 15.9. The monoisotopic (exact) mass is 554 g/mol. The van der Waals surface area contributed by atoms with Crippen molar-refractivity contribution in [2.75, 3.05) is 18.1 Å². The number of allylic oxidation sites excluding steroid dienone is 3. The predicted molar refractivity (Wildman–Crippen MR) is 155 cm³/mol. The molecule has 3 heterocycles. The number of carbonyl (C=O) groups excluding carboxylic acids is 1. The molecule has 0 unspecified atom stereocenters. The number of aromatic nitrogens is 3. The molecule has 1 spiro atoms. The zero-order valence-electron chi connectivity index (χ0n) is 24.2. The van der Waals surface area contributed by atoms with Crippen molar-refractivity contribution in [3.8, 4) is 0 Å². The number of hydrogen-bond acceptors (Lipinski definition) is 5. The van der Waals surface area contributed by atoms with Gasteiger partial charge in [0, 0.05) is 49.3 Å². The molecular weight excluding hydrogens is 511 g/mol. The number of carbonyl (C=O) groups is 1. The summed E-state index contributed by atoms with van der Waals surface area (Å²) in [6.45, 7) is 12.7. The second kappa shape index (κ2) is 11.9. The van der Waals surface area contributed by atoms with Gasteiger partial charge in [-0.2, -0.15) is 0 Å². The molecule has 2 aliphatic heterocycles. The Balaban J connectivity index is 1.61. The van der Waals surface area contributed by atoms with Crippen molar-refractivity contribution >= 4 is 20.0 Å². The molecule has 9 heteroatoms. The van der Waals surface area contributed by atoms with Crippen LogP contribution < -0.4 is 4.90 Å². The summed E-state index contributed by atoms with van der Waals surface area (Å²) in [7, 11) is -3.21. The van der Waals surface area contributed by atoms with Crippen LogP contribution in [0, 0.1) is 5.92 Å². The van der Waals surface area contributed by atoms with Crippen molar-refractivity contribution in [1.29, 1.82) is 0 Å². The largest absolute Gasteiger partial charge is 0.396 e. The van der Waals surface area contributed by atoms with Gasteiger partial charge in [0.1, 0.15) is 0 Å². The van der Waals surface area contributed by atoms with E-state index in [2.05, 4.69) is 43.2 Å². The maximum Gasteiger partial charge on any atom is 0.264 e. The van der Waals surface area contributed by atoms with Crippen molar-refractivity contribution in [3.05, 3.63) is 65.0 Å². The second-order valence-electron chi connectivity index (χ2n) is 11.8. The molecule has 0 saturated carbocycles. The maximum absolute atomic E-state index is 15.9. The Morgan fingerprint density at radius 3 is 2.67 bits per heavy atom. The van der Waals surface area contributed by atoms with Gasteiger partial charge >= 0.3 is 0 Å². The smallest absolute Gasteiger partial charge is 0.264 e. The van der Waals surface area contributed by atoms with Gasteiger partial charge in [-0.05, 0) is 59.2 Å². The molecule has 0 aliphatic carbocycles. The lowest BCUT2D eigenvalue weighted by Crippen LogP contribution is -2.45. The minimum Gasteiger partial charge on any atom is -0.396 e. The highest BCUT2D eigenvalue weighted by atomic mass is 28.4. The Labute approximate surface area is 232 Å². The van der Waals surface area contributed by atoms with E-state index >= 15 is 4.11 Å². The summed E-state index contributed by atoms with van der Waals surface area (Å²) in [4.78, 5) is 16.1. The zero-order chi connectivity index (χ0) is 28.4. The second-order valence-corrected chi connectivity index (χ2v) is 15.6. The van der Waals surface area contributed by atoms with E-state index in [1.54, 1.807) is 24.0 Å². The molecule has 1 aromatic carbocycles. The Kier molecular flexibility index (Phi) is 8.93. The van der Waals surface area contributed by atoms with Crippen LogP contribution >= 0.6 is 0 Å². The molecule has 39 heavy (non-hydrogen) atoms. The van der Waals surface area contributed by atoms with E-state index in [9.17, 15) is 9.90 Å². The van der Waals surface area contributed by atoms with E-state index in [-0.39, 0.29) is 24.0 Å². The van der Waals surface area contributed by atoms with Crippen molar-refractivity contribution in [2.45, 2.75) is 90.3 Å². The van der Waals surface area contributed by atoms with E-state index in [0.29, 0.717) is 31.6 Å². The molecule has 0 radical (unpaired) electrons. The number of aryl methyl sites for hydroxylation is 1. The van der Waals surface area contributed by atoms with Crippen LogP contribution in [0.4, 0.5) is 9.80 Å². The molecule has 1 saturated heterocycles. The average Bonchev–Trinajstić information content (AvgIpc) is 3.51. The summed E-state index contributed by atoms with van der Waals surface area (Å²) in [5.41, 5.74) is 3.40. The third kappa shape index (κ3) is 5.95. The lowest BCUT2D eigenvalue weighted by atomic mass is 9.82. The lowest BCUT2D eigenvalue weighted by molar-refractivity contribution is -0.145. The standard InChI is InChI=1S/C30H43FN4O3Si/c1-21(2)10-9-11-22(3)14-18-35-26-13-8-7-12-25(26)30(29(35)37)23(4)28(39(5,6)31)27(38-30)15-17-34-20-24(16-19-36)32-33-34/h7-8,10,12-14,20,23,27-28,36H,9,11,15-19H2,1-6H3/b22-14+/t23-,27+,28-,30+/m1/s1. The van der Waals surface area contributed by atoms with Crippen LogP contribution in [-0.2, 0) is 28.1 Å². The number of rotatable bonds is 11. The number of benzene rings is 1. The molecule has 1 fully saturated rings. The number of halogens is 1. The summed E-state index contributed by atoms with van der Waals surface area (Å²) in [6, 6.07) is 7.83. The van der Waals surface area contributed by atoms with Gasteiger partial charge in [-0.3, -0.25) is 9.48 Å². The molecule has 2 aliphatic rings. The summed E-state index contributed by atoms with van der Waals surface area (Å²) >= 11 is 0. The van der Waals surface area contributed by atoms with E-state index < -0.39 is 20.1 Å². The molecule has 1 amide bonds. The number of amides is 1. The molecule has 7 nitrogen and oxygen atoms in total. The van der Waals surface area contributed by atoms with Gasteiger partial charge in [0.25, 0.3) is 5.91 Å².